The minimum absolute atomic E-state index is 1.12. The second kappa shape index (κ2) is 5.75. The van der Waals surface area contributed by atoms with Gasteiger partial charge in [0.15, 0.2) is 0 Å². The van der Waals surface area contributed by atoms with E-state index in [1.54, 1.807) is 5.56 Å². The zero-order valence-electron chi connectivity index (χ0n) is 10.3. The fraction of sp³-hybridized carbons (Fsp3) is 0.467. The summed E-state index contributed by atoms with van der Waals surface area (Å²) in [6.45, 7) is 10.5. The maximum Gasteiger partial charge on any atom is -0.0273 e. The number of hydrogen-bond acceptors (Lipinski definition) is 0. The fourth-order valence-electron chi connectivity index (χ4n) is 2.09. The molecule has 0 bridgehead atoms. The van der Waals surface area contributed by atoms with Crippen LogP contribution in [-0.2, 0) is 12.8 Å². The van der Waals surface area contributed by atoms with Gasteiger partial charge in [0.2, 0.25) is 0 Å². The van der Waals surface area contributed by atoms with Crippen molar-refractivity contribution in [2.24, 2.45) is 0 Å². The van der Waals surface area contributed by atoms with E-state index in [2.05, 4.69) is 39.5 Å². The third kappa shape index (κ3) is 2.95. The van der Waals surface area contributed by atoms with Crippen LogP contribution in [0.5, 0.6) is 0 Å². The quantitative estimate of drug-likeness (QED) is 0.491. The molecule has 0 aliphatic rings. The number of allylic oxidation sites excluding steroid dienone is 1. The summed E-state index contributed by atoms with van der Waals surface area (Å²) in [6, 6.07) is 4.54. The van der Waals surface area contributed by atoms with E-state index in [0.717, 1.165) is 12.8 Å². The van der Waals surface area contributed by atoms with E-state index in [4.69, 9.17) is 0 Å². The highest BCUT2D eigenvalue weighted by Crippen LogP contribution is 2.20. The van der Waals surface area contributed by atoms with Gasteiger partial charge < -0.3 is 0 Å². The van der Waals surface area contributed by atoms with Crippen LogP contribution in [0.15, 0.2) is 24.8 Å². The summed E-state index contributed by atoms with van der Waals surface area (Å²) in [6.07, 6.45) is 6.69. The van der Waals surface area contributed by atoms with Crippen molar-refractivity contribution in [1.29, 1.82) is 0 Å². The van der Waals surface area contributed by atoms with Crippen molar-refractivity contribution >= 4 is 0 Å². The van der Waals surface area contributed by atoms with Crippen molar-refractivity contribution in [3.8, 4) is 0 Å². The molecule has 1 aromatic carbocycles. The summed E-state index contributed by atoms with van der Waals surface area (Å²) in [5.74, 6) is 0. The second-order valence-corrected chi connectivity index (χ2v) is 4.18. The van der Waals surface area contributed by atoms with Gasteiger partial charge in [-0.05, 0) is 61.8 Å². The summed E-state index contributed by atoms with van der Waals surface area (Å²) in [7, 11) is 0. The van der Waals surface area contributed by atoms with Gasteiger partial charge in [-0.1, -0.05) is 25.1 Å². The molecule has 0 aliphatic heterocycles. The first-order valence-electron chi connectivity index (χ1n) is 5.89. The molecule has 0 aliphatic carbocycles. The van der Waals surface area contributed by atoms with E-state index in [1.165, 1.54) is 29.5 Å². The molecule has 0 unspecified atom stereocenters. The van der Waals surface area contributed by atoms with Crippen molar-refractivity contribution in [3.63, 3.8) is 0 Å². The summed E-state index contributed by atoms with van der Waals surface area (Å²) >= 11 is 0. The second-order valence-electron chi connectivity index (χ2n) is 4.18. The van der Waals surface area contributed by atoms with Gasteiger partial charge in [0.25, 0.3) is 0 Å². The maximum absolute atomic E-state index is 3.77. The highest BCUT2D eigenvalue weighted by Gasteiger charge is 2.05. The van der Waals surface area contributed by atoms with Crippen LogP contribution < -0.4 is 0 Å². The van der Waals surface area contributed by atoms with Gasteiger partial charge in [-0.25, -0.2) is 0 Å². The minimum Gasteiger partial charge on any atom is -0.103 e. The monoisotopic (exact) mass is 202 g/mol. The third-order valence-corrected chi connectivity index (χ3v) is 3.17. The van der Waals surface area contributed by atoms with Gasteiger partial charge in [-0.3, -0.25) is 0 Å². The minimum atomic E-state index is 1.12. The fourth-order valence-corrected chi connectivity index (χ4v) is 2.09. The van der Waals surface area contributed by atoms with Gasteiger partial charge in [0, 0.05) is 0 Å². The zero-order valence-corrected chi connectivity index (χ0v) is 10.3. The van der Waals surface area contributed by atoms with Crippen molar-refractivity contribution in [2.45, 2.75) is 46.5 Å². The predicted molar refractivity (Wildman–Crippen MR) is 68.4 cm³/mol. The van der Waals surface area contributed by atoms with E-state index in [0.29, 0.717) is 0 Å². The van der Waals surface area contributed by atoms with E-state index >= 15 is 0 Å². The number of hydrogen-bond donors (Lipinski definition) is 0. The Bertz CT molecular complexity index is 334. The van der Waals surface area contributed by atoms with Gasteiger partial charge >= 0.3 is 0 Å². The molecule has 0 fully saturated rings. The predicted octanol–water partition coefficient (Wildman–Crippen LogP) is 4.37. The summed E-state index contributed by atoms with van der Waals surface area (Å²) in [5.41, 5.74) is 5.98. The number of rotatable bonds is 5. The first-order valence-corrected chi connectivity index (χ1v) is 5.89. The van der Waals surface area contributed by atoms with Gasteiger partial charge in [0.1, 0.15) is 0 Å². The van der Waals surface area contributed by atoms with Crippen LogP contribution in [0.1, 0.15) is 42.0 Å². The molecule has 82 valence electrons. The van der Waals surface area contributed by atoms with Crippen LogP contribution >= 0.6 is 0 Å². The van der Waals surface area contributed by atoms with E-state index in [9.17, 15) is 0 Å². The zero-order chi connectivity index (χ0) is 11.3. The van der Waals surface area contributed by atoms with Crippen LogP contribution in [0.25, 0.3) is 0 Å². The Kier molecular flexibility index (Phi) is 4.61. The average Bonchev–Trinajstić information content (AvgIpc) is 2.24. The molecular weight excluding hydrogens is 180 g/mol. The Morgan fingerprint density at radius 2 is 2.00 bits per heavy atom. The molecule has 15 heavy (non-hydrogen) atoms. The lowest BCUT2D eigenvalue weighted by molar-refractivity contribution is 0.829. The maximum atomic E-state index is 3.77. The van der Waals surface area contributed by atoms with E-state index in [-0.39, 0.29) is 0 Å². The van der Waals surface area contributed by atoms with Crippen LogP contribution in [-0.4, -0.2) is 0 Å². The highest BCUT2D eigenvalue weighted by atomic mass is 14.1. The van der Waals surface area contributed by atoms with Crippen LogP contribution in [0, 0.1) is 13.8 Å². The Balaban J connectivity index is 2.87. The largest absolute Gasteiger partial charge is 0.103 e. The van der Waals surface area contributed by atoms with Crippen molar-refractivity contribution in [2.75, 3.05) is 0 Å². The van der Waals surface area contributed by atoms with Crippen LogP contribution in [0.3, 0.4) is 0 Å². The van der Waals surface area contributed by atoms with Crippen molar-refractivity contribution in [1.82, 2.24) is 0 Å². The smallest absolute Gasteiger partial charge is 0.0273 e. The van der Waals surface area contributed by atoms with Gasteiger partial charge in [0.05, 0.1) is 0 Å². The van der Waals surface area contributed by atoms with Gasteiger partial charge in [-0.2, -0.15) is 0 Å². The first-order chi connectivity index (χ1) is 7.20. The Hall–Kier alpha value is -1.04. The highest BCUT2D eigenvalue weighted by molar-refractivity contribution is 5.39. The molecule has 0 heterocycles. The topological polar surface area (TPSA) is 0 Å². The third-order valence-electron chi connectivity index (χ3n) is 3.17. The Labute approximate surface area is 94.0 Å². The molecule has 0 N–H and O–H groups in total. The number of aryl methyl sites for hydroxylation is 2. The standard InChI is InChI=1S/C15H22/c1-5-7-8-9-14-11-10-12(3)13(4)15(14)6-2/h5,10-11H,1,6-9H2,2-4H3. The molecule has 0 aromatic heterocycles. The molecule has 0 atom stereocenters. The van der Waals surface area contributed by atoms with Crippen LogP contribution in [0.2, 0.25) is 0 Å². The Morgan fingerprint density at radius 3 is 2.60 bits per heavy atom. The Morgan fingerprint density at radius 1 is 1.27 bits per heavy atom. The van der Waals surface area contributed by atoms with E-state index in [1.807, 2.05) is 6.08 Å². The summed E-state index contributed by atoms with van der Waals surface area (Å²) in [5, 5.41) is 0. The molecule has 1 aromatic rings. The molecule has 0 heteroatoms. The molecular formula is C15H22. The SMILES string of the molecule is C=CCCCc1ccc(C)c(C)c1CC. The lowest BCUT2D eigenvalue weighted by Crippen LogP contribution is -1.98. The molecule has 0 spiro atoms. The summed E-state index contributed by atoms with van der Waals surface area (Å²) < 4.78 is 0. The normalized spacial score (nSPS) is 10.3. The van der Waals surface area contributed by atoms with E-state index < -0.39 is 0 Å². The lowest BCUT2D eigenvalue weighted by atomic mass is 9.93. The number of unbranched alkanes of at least 4 members (excludes halogenated alkanes) is 1. The molecule has 0 saturated heterocycles. The van der Waals surface area contributed by atoms with Crippen molar-refractivity contribution in [3.05, 3.63) is 47.0 Å². The molecule has 0 amide bonds. The summed E-state index contributed by atoms with van der Waals surface area (Å²) in [4.78, 5) is 0. The lowest BCUT2D eigenvalue weighted by Gasteiger charge is -2.13. The molecule has 0 saturated carbocycles. The van der Waals surface area contributed by atoms with Crippen LogP contribution in [0.4, 0.5) is 0 Å². The molecule has 1 rings (SSSR count). The van der Waals surface area contributed by atoms with Gasteiger partial charge in [-0.15, -0.1) is 6.58 Å². The first kappa shape index (κ1) is 12.0. The molecule has 0 nitrogen and oxygen atoms in total. The molecule has 0 radical (unpaired) electrons. The average molecular weight is 202 g/mol. The number of benzene rings is 1. The van der Waals surface area contributed by atoms with Crippen molar-refractivity contribution < 1.29 is 0 Å².